The molecule has 0 bridgehead atoms. The van der Waals surface area contributed by atoms with E-state index in [9.17, 15) is 13.6 Å². The Kier molecular flexibility index (Phi) is 8.87. The first-order valence-corrected chi connectivity index (χ1v) is 11.2. The normalized spacial score (nSPS) is 15.8. The van der Waals surface area contributed by atoms with Crippen LogP contribution >= 0.6 is 25.1 Å². The van der Waals surface area contributed by atoms with Crippen molar-refractivity contribution in [1.29, 1.82) is 0 Å². The second kappa shape index (κ2) is 11.7. The lowest BCUT2D eigenvalue weighted by molar-refractivity contribution is -0.114. The Morgan fingerprint density at radius 1 is 1.31 bits per heavy atom. The summed E-state index contributed by atoms with van der Waals surface area (Å²) in [5, 5.41) is 6.07. The highest BCUT2D eigenvalue weighted by atomic mass is 35.5. The van der Waals surface area contributed by atoms with Gasteiger partial charge in [-0.15, -0.1) is 0 Å². The fourth-order valence-electron chi connectivity index (χ4n) is 3.92. The summed E-state index contributed by atoms with van der Waals surface area (Å²) in [4.78, 5) is 22.9. The Morgan fingerprint density at radius 3 is 2.83 bits per heavy atom. The minimum absolute atomic E-state index is 0. The van der Waals surface area contributed by atoms with E-state index >= 15 is 0 Å². The number of amides is 1. The number of hydrogen-bond acceptors (Lipinski definition) is 6. The molecule has 3 aromatic rings. The van der Waals surface area contributed by atoms with Crippen molar-refractivity contribution in [2.24, 2.45) is 5.92 Å². The number of ether oxygens (including phenoxy) is 1. The SMILES string of the molecule is C=C(F)C(=O)Nc1cc2c(Nc3ccc(F)c(Cl)c3)ncnc2cc1OC[C@H]1CCCN(C)C1.S. The monoisotopic (exact) mass is 521 g/mol. The van der Waals surface area contributed by atoms with Gasteiger partial charge >= 0.3 is 0 Å². The van der Waals surface area contributed by atoms with Gasteiger partial charge in [-0.2, -0.15) is 13.5 Å². The van der Waals surface area contributed by atoms with Gasteiger partial charge in [-0.3, -0.25) is 4.79 Å². The van der Waals surface area contributed by atoms with Gasteiger partial charge in [-0.05, 0) is 50.7 Å². The van der Waals surface area contributed by atoms with Gasteiger partial charge in [0.1, 0.15) is 23.7 Å². The van der Waals surface area contributed by atoms with Gasteiger partial charge in [-0.25, -0.2) is 18.7 Å². The minimum atomic E-state index is -1.12. The number of benzene rings is 2. The van der Waals surface area contributed by atoms with E-state index in [0.29, 0.717) is 40.7 Å². The molecule has 0 saturated carbocycles. The van der Waals surface area contributed by atoms with Crippen molar-refractivity contribution in [3.8, 4) is 5.75 Å². The Hall–Kier alpha value is -2.95. The first-order chi connectivity index (χ1) is 16.3. The molecule has 35 heavy (non-hydrogen) atoms. The highest BCUT2D eigenvalue weighted by Gasteiger charge is 2.20. The molecule has 0 unspecified atom stereocenters. The lowest BCUT2D eigenvalue weighted by Crippen LogP contribution is -2.34. The largest absolute Gasteiger partial charge is 0.491 e. The van der Waals surface area contributed by atoms with Crippen molar-refractivity contribution in [3.63, 3.8) is 0 Å². The predicted octanol–water partition coefficient (Wildman–Crippen LogP) is 5.42. The summed E-state index contributed by atoms with van der Waals surface area (Å²) in [5.41, 5.74) is 1.31. The number of anilines is 3. The number of likely N-dealkylation sites (tertiary alicyclic amines) is 1. The van der Waals surface area contributed by atoms with Crippen LogP contribution in [0.1, 0.15) is 12.8 Å². The molecule has 2 aromatic carbocycles. The lowest BCUT2D eigenvalue weighted by Gasteiger charge is -2.29. The number of aromatic nitrogens is 2. The molecule has 1 amide bonds. The molecule has 1 aromatic heterocycles. The standard InChI is InChI=1S/C24H24ClF2N5O2.H2S/c1-14(26)24(33)31-21-9-17-20(10-22(21)34-12-15-4-3-7-32(2)11-15)28-13-29-23(17)30-16-5-6-19(27)18(25)8-16;/h5-6,8-10,13,15H,1,3-4,7,11-12H2,2H3,(H,31,33)(H,28,29,30);1H2/t15-;/m0./s1. The van der Waals surface area contributed by atoms with E-state index < -0.39 is 17.6 Å². The minimum Gasteiger partial charge on any atom is -0.491 e. The zero-order valence-electron chi connectivity index (χ0n) is 19.1. The fraction of sp³-hybridized carbons (Fsp3) is 0.292. The van der Waals surface area contributed by atoms with Crippen LogP contribution in [0.25, 0.3) is 10.9 Å². The maximum absolute atomic E-state index is 13.5. The van der Waals surface area contributed by atoms with Crippen LogP contribution in [0.4, 0.5) is 26.0 Å². The number of hydrogen-bond donors (Lipinski definition) is 2. The number of piperidine rings is 1. The molecule has 1 saturated heterocycles. The smallest absolute Gasteiger partial charge is 0.283 e. The predicted molar refractivity (Wildman–Crippen MR) is 139 cm³/mol. The van der Waals surface area contributed by atoms with E-state index in [1.54, 1.807) is 12.1 Å². The van der Waals surface area contributed by atoms with Gasteiger partial charge in [0.25, 0.3) is 5.91 Å². The summed E-state index contributed by atoms with van der Waals surface area (Å²) in [6, 6.07) is 7.46. The molecule has 1 atom stereocenters. The summed E-state index contributed by atoms with van der Waals surface area (Å²) < 4.78 is 33.0. The van der Waals surface area contributed by atoms with Crippen LogP contribution in [0.2, 0.25) is 5.02 Å². The lowest BCUT2D eigenvalue weighted by atomic mass is 9.99. The van der Waals surface area contributed by atoms with Crippen LogP contribution in [0.5, 0.6) is 5.75 Å². The summed E-state index contributed by atoms with van der Waals surface area (Å²) in [6.45, 7) is 5.46. The molecule has 4 rings (SSSR count). The van der Waals surface area contributed by atoms with Gasteiger partial charge in [0, 0.05) is 29.6 Å². The Bertz CT molecular complexity index is 1250. The number of rotatable bonds is 7. The number of nitrogens with one attached hydrogen (secondary N) is 2. The van der Waals surface area contributed by atoms with E-state index in [4.69, 9.17) is 16.3 Å². The molecule has 0 spiro atoms. The first kappa shape index (κ1) is 26.7. The number of halogens is 3. The van der Waals surface area contributed by atoms with Gasteiger partial charge in [0.05, 0.1) is 22.8 Å². The van der Waals surface area contributed by atoms with Crippen LogP contribution < -0.4 is 15.4 Å². The van der Waals surface area contributed by atoms with Crippen molar-refractivity contribution >= 4 is 59.1 Å². The zero-order chi connectivity index (χ0) is 24.2. The van der Waals surface area contributed by atoms with Crippen LogP contribution in [0, 0.1) is 11.7 Å². The second-order valence-corrected chi connectivity index (χ2v) is 8.69. The number of carbonyl (C=O) groups excluding carboxylic acids is 1. The van der Waals surface area contributed by atoms with Crippen LogP contribution in [-0.2, 0) is 4.79 Å². The molecule has 0 radical (unpaired) electrons. The second-order valence-electron chi connectivity index (χ2n) is 8.28. The van der Waals surface area contributed by atoms with E-state index in [2.05, 4.69) is 39.1 Å². The average Bonchev–Trinajstić information content (AvgIpc) is 2.80. The van der Waals surface area contributed by atoms with Gasteiger partial charge in [0.2, 0.25) is 0 Å². The fourth-order valence-corrected chi connectivity index (χ4v) is 4.10. The molecule has 7 nitrogen and oxygen atoms in total. The average molecular weight is 522 g/mol. The van der Waals surface area contributed by atoms with Gasteiger partial charge in [-0.1, -0.05) is 18.2 Å². The van der Waals surface area contributed by atoms with Crippen molar-refractivity contribution in [3.05, 3.63) is 59.9 Å². The topological polar surface area (TPSA) is 79.4 Å². The molecule has 0 aliphatic carbocycles. The highest BCUT2D eigenvalue weighted by Crippen LogP contribution is 2.34. The molecule has 1 fully saturated rings. The summed E-state index contributed by atoms with van der Waals surface area (Å²) in [6.07, 6.45) is 3.50. The summed E-state index contributed by atoms with van der Waals surface area (Å²) in [7, 11) is 2.07. The number of carbonyl (C=O) groups is 1. The maximum Gasteiger partial charge on any atom is 0.283 e. The molecular weight excluding hydrogens is 496 g/mol. The Labute approximate surface area is 214 Å². The van der Waals surface area contributed by atoms with E-state index in [1.165, 1.54) is 24.5 Å². The highest BCUT2D eigenvalue weighted by molar-refractivity contribution is 7.59. The molecule has 186 valence electrons. The third-order valence-corrected chi connectivity index (χ3v) is 5.90. The quantitative estimate of drug-likeness (QED) is 0.404. The van der Waals surface area contributed by atoms with E-state index in [1.807, 2.05) is 0 Å². The van der Waals surface area contributed by atoms with Crippen molar-refractivity contribution in [1.82, 2.24) is 14.9 Å². The van der Waals surface area contributed by atoms with Crippen molar-refractivity contribution in [2.45, 2.75) is 12.8 Å². The first-order valence-electron chi connectivity index (χ1n) is 10.8. The third-order valence-electron chi connectivity index (χ3n) is 5.61. The third kappa shape index (κ3) is 6.59. The van der Waals surface area contributed by atoms with Crippen molar-refractivity contribution in [2.75, 3.05) is 37.4 Å². The Morgan fingerprint density at radius 2 is 2.11 bits per heavy atom. The van der Waals surface area contributed by atoms with Gasteiger partial charge in [0.15, 0.2) is 5.83 Å². The maximum atomic E-state index is 13.5. The zero-order valence-corrected chi connectivity index (χ0v) is 20.8. The van der Waals surface area contributed by atoms with E-state index in [0.717, 1.165) is 25.9 Å². The van der Waals surface area contributed by atoms with E-state index in [-0.39, 0.29) is 24.2 Å². The number of fused-ring (bicyclic) bond motifs is 1. The van der Waals surface area contributed by atoms with Crippen LogP contribution in [0.3, 0.4) is 0 Å². The Balaban J connectivity index is 0.00000342. The summed E-state index contributed by atoms with van der Waals surface area (Å²) in [5.74, 6) is -1.54. The molecule has 2 N–H and O–H groups in total. The molecule has 2 heterocycles. The van der Waals surface area contributed by atoms with Crippen LogP contribution in [-0.4, -0.2) is 47.5 Å². The summed E-state index contributed by atoms with van der Waals surface area (Å²) >= 11 is 5.88. The molecule has 1 aliphatic heterocycles. The number of nitrogens with zero attached hydrogens (tertiary/aromatic N) is 3. The molecular formula is C24H26ClF2N5O2S. The molecule has 1 aliphatic rings. The van der Waals surface area contributed by atoms with Crippen LogP contribution in [0.15, 0.2) is 49.1 Å². The molecule has 11 heteroatoms. The van der Waals surface area contributed by atoms with Crippen molar-refractivity contribution < 1.29 is 18.3 Å². The van der Waals surface area contributed by atoms with Gasteiger partial charge < -0.3 is 20.3 Å².